The lowest BCUT2D eigenvalue weighted by Gasteiger charge is -2.20. The van der Waals surface area contributed by atoms with Crippen LogP contribution < -0.4 is 10.6 Å². The van der Waals surface area contributed by atoms with Gasteiger partial charge >= 0.3 is 5.97 Å². The van der Waals surface area contributed by atoms with Gasteiger partial charge in [0.15, 0.2) is 0 Å². The maximum atomic E-state index is 13.5. The quantitative estimate of drug-likeness (QED) is 0.780. The second kappa shape index (κ2) is 6.62. The van der Waals surface area contributed by atoms with Crippen molar-refractivity contribution in [3.05, 3.63) is 29.3 Å². The van der Waals surface area contributed by atoms with E-state index in [1.54, 1.807) is 0 Å². The monoisotopic (exact) mass is 300 g/mol. The third-order valence-electron chi connectivity index (χ3n) is 2.57. The third-order valence-corrected chi connectivity index (χ3v) is 2.57. The van der Waals surface area contributed by atoms with Crippen molar-refractivity contribution in [2.24, 2.45) is 0 Å². The highest BCUT2D eigenvalue weighted by Gasteiger charge is 2.17. The highest BCUT2D eigenvalue weighted by Crippen LogP contribution is 2.19. The van der Waals surface area contributed by atoms with Crippen molar-refractivity contribution in [1.29, 1.82) is 0 Å². The summed E-state index contributed by atoms with van der Waals surface area (Å²) in [6, 6.07) is 1.20. The van der Waals surface area contributed by atoms with Gasteiger partial charge in [-0.25, -0.2) is 13.6 Å². The van der Waals surface area contributed by atoms with Gasteiger partial charge in [0.25, 0.3) is 0 Å². The Balaban J connectivity index is 2.72. The first-order valence-corrected chi connectivity index (χ1v) is 6.37. The minimum absolute atomic E-state index is 0.0799. The van der Waals surface area contributed by atoms with Crippen LogP contribution in [0.1, 0.15) is 37.6 Å². The van der Waals surface area contributed by atoms with Crippen LogP contribution in [-0.4, -0.2) is 29.1 Å². The van der Waals surface area contributed by atoms with Gasteiger partial charge in [-0.3, -0.25) is 4.79 Å². The maximum Gasteiger partial charge on any atom is 0.338 e. The van der Waals surface area contributed by atoms with Crippen molar-refractivity contribution >= 4 is 17.6 Å². The topological polar surface area (TPSA) is 78.4 Å². The summed E-state index contributed by atoms with van der Waals surface area (Å²) in [6.45, 7) is 6.18. The van der Waals surface area contributed by atoms with Gasteiger partial charge in [0, 0.05) is 24.6 Å². The molecule has 3 N–H and O–H groups in total. The molecule has 0 saturated heterocycles. The van der Waals surface area contributed by atoms with Crippen LogP contribution in [0, 0.1) is 11.6 Å². The molecule has 0 aliphatic rings. The Morgan fingerprint density at radius 3 is 2.33 bits per heavy atom. The molecule has 7 heteroatoms. The van der Waals surface area contributed by atoms with Crippen LogP contribution in [0.2, 0.25) is 0 Å². The van der Waals surface area contributed by atoms with Gasteiger partial charge < -0.3 is 15.7 Å². The van der Waals surface area contributed by atoms with Crippen LogP contribution in [0.5, 0.6) is 0 Å². The second-order valence-corrected chi connectivity index (χ2v) is 5.59. The number of amides is 1. The van der Waals surface area contributed by atoms with E-state index in [1.807, 2.05) is 20.8 Å². The molecule has 0 aliphatic heterocycles. The van der Waals surface area contributed by atoms with E-state index in [0.29, 0.717) is 12.6 Å². The lowest BCUT2D eigenvalue weighted by molar-refractivity contribution is -0.116. The predicted molar refractivity (Wildman–Crippen MR) is 74.3 cm³/mol. The summed E-state index contributed by atoms with van der Waals surface area (Å²) in [7, 11) is 0. The first-order chi connectivity index (χ1) is 9.60. The largest absolute Gasteiger partial charge is 0.478 e. The highest BCUT2D eigenvalue weighted by atomic mass is 19.1. The fourth-order valence-corrected chi connectivity index (χ4v) is 1.57. The van der Waals surface area contributed by atoms with Gasteiger partial charge in [-0.15, -0.1) is 0 Å². The van der Waals surface area contributed by atoms with Crippen LogP contribution in [0.4, 0.5) is 14.5 Å². The predicted octanol–water partition coefficient (Wildman–Crippen LogP) is 2.38. The van der Waals surface area contributed by atoms with Crippen molar-refractivity contribution < 1.29 is 23.5 Å². The molecule has 1 aromatic carbocycles. The summed E-state index contributed by atoms with van der Waals surface area (Å²) in [5, 5.41) is 14.1. The number of carboxylic acid groups (broad SMARTS) is 1. The first-order valence-electron chi connectivity index (χ1n) is 6.37. The lowest BCUT2D eigenvalue weighted by atomic mass is 10.1. The average Bonchev–Trinajstić information content (AvgIpc) is 2.30. The molecule has 0 bridgehead atoms. The Morgan fingerprint density at radius 2 is 1.81 bits per heavy atom. The molecule has 5 nitrogen and oxygen atoms in total. The highest BCUT2D eigenvalue weighted by molar-refractivity contribution is 5.94. The third kappa shape index (κ3) is 5.47. The zero-order valence-corrected chi connectivity index (χ0v) is 12.1. The molecule has 1 aromatic rings. The van der Waals surface area contributed by atoms with Gasteiger partial charge in [-0.1, -0.05) is 0 Å². The SMILES string of the molecule is CC(C)(C)NCCC(=O)Nc1cc(C(=O)O)c(F)cc1F. The van der Waals surface area contributed by atoms with E-state index in [2.05, 4.69) is 10.6 Å². The van der Waals surface area contributed by atoms with Crippen molar-refractivity contribution in [2.45, 2.75) is 32.7 Å². The molecule has 0 heterocycles. The van der Waals surface area contributed by atoms with E-state index in [0.717, 1.165) is 6.07 Å². The van der Waals surface area contributed by atoms with Crippen molar-refractivity contribution in [3.63, 3.8) is 0 Å². The van der Waals surface area contributed by atoms with Crippen LogP contribution in [-0.2, 0) is 4.79 Å². The smallest absolute Gasteiger partial charge is 0.338 e. The summed E-state index contributed by atoms with van der Waals surface area (Å²) < 4.78 is 26.7. The molecule has 1 rings (SSSR count). The van der Waals surface area contributed by atoms with Crippen LogP contribution >= 0.6 is 0 Å². The number of hydrogen-bond donors (Lipinski definition) is 3. The fraction of sp³-hybridized carbons (Fsp3) is 0.429. The molecule has 0 radical (unpaired) electrons. The van der Waals surface area contributed by atoms with Crippen LogP contribution in [0.3, 0.4) is 0 Å². The molecule has 1 amide bonds. The van der Waals surface area contributed by atoms with E-state index < -0.39 is 29.1 Å². The molecule has 0 fully saturated rings. The number of rotatable bonds is 5. The summed E-state index contributed by atoms with van der Waals surface area (Å²) in [5.41, 5.74) is -1.20. The normalized spacial score (nSPS) is 11.3. The van der Waals surface area contributed by atoms with Gasteiger partial charge in [-0.2, -0.15) is 0 Å². The number of anilines is 1. The number of nitrogens with one attached hydrogen (secondary N) is 2. The van der Waals surface area contributed by atoms with E-state index in [-0.39, 0.29) is 17.6 Å². The number of carboxylic acids is 1. The fourth-order valence-electron chi connectivity index (χ4n) is 1.57. The summed E-state index contributed by atoms with van der Waals surface area (Å²) >= 11 is 0. The van der Waals surface area contributed by atoms with Gasteiger partial charge in [0.2, 0.25) is 5.91 Å². The van der Waals surface area contributed by atoms with Crippen molar-refractivity contribution in [1.82, 2.24) is 5.32 Å². The lowest BCUT2D eigenvalue weighted by Crippen LogP contribution is -2.37. The number of carbonyl (C=O) groups excluding carboxylic acids is 1. The van der Waals surface area contributed by atoms with Crippen LogP contribution in [0.15, 0.2) is 12.1 Å². The average molecular weight is 300 g/mol. The standard InChI is InChI=1S/C14H18F2N2O3/c1-14(2,3)17-5-4-12(19)18-11-6-8(13(20)21)9(15)7-10(11)16/h6-7,17H,4-5H2,1-3H3,(H,18,19)(H,20,21). The van der Waals surface area contributed by atoms with Gasteiger partial charge in [0.1, 0.15) is 11.6 Å². The Kier molecular flexibility index (Phi) is 5.37. The number of carbonyl (C=O) groups is 2. The number of aromatic carboxylic acids is 1. The molecule has 0 unspecified atom stereocenters. The minimum Gasteiger partial charge on any atom is -0.478 e. The molecule has 0 spiro atoms. The Morgan fingerprint density at radius 1 is 1.19 bits per heavy atom. The molecule has 0 aliphatic carbocycles. The van der Waals surface area contributed by atoms with E-state index in [1.165, 1.54) is 0 Å². The molecule has 21 heavy (non-hydrogen) atoms. The molecule has 0 aromatic heterocycles. The Labute approximate surface area is 121 Å². The van der Waals surface area contributed by atoms with E-state index >= 15 is 0 Å². The first kappa shape index (κ1) is 17.0. The molecular weight excluding hydrogens is 282 g/mol. The number of halogens is 2. The zero-order valence-electron chi connectivity index (χ0n) is 12.1. The molecule has 0 saturated carbocycles. The number of benzene rings is 1. The summed E-state index contributed by atoms with van der Waals surface area (Å²) in [5.74, 6) is -4.23. The Bertz CT molecular complexity index is 554. The van der Waals surface area contributed by atoms with Crippen LogP contribution in [0.25, 0.3) is 0 Å². The maximum absolute atomic E-state index is 13.5. The second-order valence-electron chi connectivity index (χ2n) is 5.59. The zero-order chi connectivity index (χ0) is 16.2. The Hall–Kier alpha value is -2.02. The summed E-state index contributed by atoms with van der Waals surface area (Å²) in [6.07, 6.45) is 0.0799. The van der Waals surface area contributed by atoms with Gasteiger partial charge in [0.05, 0.1) is 11.3 Å². The molecular formula is C14H18F2N2O3. The van der Waals surface area contributed by atoms with Crippen molar-refractivity contribution in [2.75, 3.05) is 11.9 Å². The number of hydrogen-bond acceptors (Lipinski definition) is 3. The molecule has 116 valence electrons. The van der Waals surface area contributed by atoms with E-state index in [9.17, 15) is 18.4 Å². The van der Waals surface area contributed by atoms with Crippen molar-refractivity contribution in [3.8, 4) is 0 Å². The molecule has 0 atom stereocenters. The van der Waals surface area contributed by atoms with E-state index in [4.69, 9.17) is 5.11 Å². The van der Waals surface area contributed by atoms with Gasteiger partial charge in [-0.05, 0) is 26.8 Å². The minimum atomic E-state index is -1.53. The summed E-state index contributed by atoms with van der Waals surface area (Å²) in [4.78, 5) is 22.4.